The van der Waals surface area contributed by atoms with Crippen LogP contribution in [0.3, 0.4) is 0 Å². The molecule has 0 radical (unpaired) electrons. The summed E-state index contributed by atoms with van der Waals surface area (Å²) in [4.78, 5) is 24.9. The fourth-order valence-corrected chi connectivity index (χ4v) is 7.28. The molecule has 3 fully saturated rings. The van der Waals surface area contributed by atoms with E-state index in [0.717, 1.165) is 25.7 Å². The largest absolute Gasteiger partial charge is 0.299 e. The highest BCUT2D eigenvalue weighted by Gasteiger charge is 2.59. The predicted molar refractivity (Wildman–Crippen MR) is 109 cm³/mol. The molecule has 4 rings (SSSR count). The summed E-state index contributed by atoms with van der Waals surface area (Å²) in [5.74, 6) is 3.03. The lowest BCUT2D eigenvalue weighted by Gasteiger charge is -2.57. The quantitative estimate of drug-likeness (QED) is 0.553. The SMILES string of the molecule is CCCCCC[C@H]1CC2C(CCC3(C)C(=O)CCC23)C2(C)C=CC(=O)C=C12. The van der Waals surface area contributed by atoms with E-state index in [2.05, 4.69) is 26.8 Å². The molecule has 0 aromatic heterocycles. The van der Waals surface area contributed by atoms with E-state index >= 15 is 0 Å². The third-order valence-electron chi connectivity index (χ3n) is 8.83. The Labute approximate surface area is 164 Å². The molecule has 27 heavy (non-hydrogen) atoms. The topological polar surface area (TPSA) is 34.1 Å². The molecule has 5 unspecified atom stereocenters. The number of fused-ring (bicyclic) bond motifs is 5. The Morgan fingerprint density at radius 2 is 1.89 bits per heavy atom. The first-order valence-electron chi connectivity index (χ1n) is 11.4. The van der Waals surface area contributed by atoms with Crippen LogP contribution in [0.5, 0.6) is 0 Å². The molecular weight excluding hydrogens is 332 g/mol. The second-order valence-corrected chi connectivity index (χ2v) is 10.2. The van der Waals surface area contributed by atoms with Crippen molar-refractivity contribution in [2.45, 2.75) is 85.0 Å². The van der Waals surface area contributed by atoms with E-state index in [1.165, 1.54) is 44.1 Å². The Morgan fingerprint density at radius 1 is 1.07 bits per heavy atom. The van der Waals surface area contributed by atoms with E-state index in [1.54, 1.807) is 0 Å². The third-order valence-corrected chi connectivity index (χ3v) is 8.83. The Kier molecular flexibility index (Phi) is 4.97. The molecule has 2 heteroatoms. The maximum absolute atomic E-state index is 12.7. The van der Waals surface area contributed by atoms with Gasteiger partial charge < -0.3 is 0 Å². The summed E-state index contributed by atoms with van der Waals surface area (Å²) < 4.78 is 0. The van der Waals surface area contributed by atoms with Crippen molar-refractivity contribution in [2.75, 3.05) is 0 Å². The number of hydrogen-bond donors (Lipinski definition) is 0. The van der Waals surface area contributed by atoms with E-state index in [0.29, 0.717) is 29.5 Å². The van der Waals surface area contributed by atoms with Gasteiger partial charge in [0.25, 0.3) is 0 Å². The highest BCUT2D eigenvalue weighted by atomic mass is 16.1. The molecule has 0 amide bonds. The van der Waals surface area contributed by atoms with Crippen LogP contribution in [0.4, 0.5) is 0 Å². The van der Waals surface area contributed by atoms with Gasteiger partial charge in [0.2, 0.25) is 0 Å². The van der Waals surface area contributed by atoms with Gasteiger partial charge in [-0.3, -0.25) is 9.59 Å². The molecule has 0 heterocycles. The number of Topliss-reactive ketones (excluding diaryl/α,β-unsaturated/α-hetero) is 1. The number of rotatable bonds is 5. The number of ketones is 2. The van der Waals surface area contributed by atoms with Gasteiger partial charge in [0.15, 0.2) is 5.78 Å². The van der Waals surface area contributed by atoms with E-state index in [4.69, 9.17) is 0 Å². The molecule has 0 aromatic carbocycles. The summed E-state index contributed by atoms with van der Waals surface area (Å²) in [6, 6.07) is 0. The summed E-state index contributed by atoms with van der Waals surface area (Å²) in [6.45, 7) is 6.90. The molecule has 2 nitrogen and oxygen atoms in total. The van der Waals surface area contributed by atoms with Crippen molar-refractivity contribution in [1.82, 2.24) is 0 Å². The van der Waals surface area contributed by atoms with Gasteiger partial charge in [-0.25, -0.2) is 0 Å². The monoisotopic (exact) mass is 368 g/mol. The molecule has 4 aliphatic carbocycles. The van der Waals surface area contributed by atoms with Gasteiger partial charge in [-0.15, -0.1) is 0 Å². The zero-order chi connectivity index (χ0) is 19.2. The van der Waals surface area contributed by atoms with Crippen LogP contribution in [-0.4, -0.2) is 11.6 Å². The van der Waals surface area contributed by atoms with Crippen molar-refractivity contribution in [1.29, 1.82) is 0 Å². The van der Waals surface area contributed by atoms with Crippen LogP contribution >= 0.6 is 0 Å². The van der Waals surface area contributed by atoms with Gasteiger partial charge in [0.1, 0.15) is 5.78 Å². The standard InChI is InChI=1S/C25H36O2/c1-4-5-6-7-8-17-15-19-20-9-10-23(27)25(20,3)14-12-21(19)24(2)13-11-18(26)16-22(17)24/h11,13,16-17,19-21H,4-10,12,14-15H2,1-3H3/t17-,19?,20?,21?,24?,25?/m0/s1. The van der Waals surface area contributed by atoms with Crippen molar-refractivity contribution in [3.05, 3.63) is 23.8 Å². The average molecular weight is 369 g/mol. The Morgan fingerprint density at radius 3 is 2.67 bits per heavy atom. The normalized spacial score (nSPS) is 43.1. The van der Waals surface area contributed by atoms with Gasteiger partial charge in [0.05, 0.1) is 0 Å². The number of unbranched alkanes of at least 4 members (excludes halogenated alkanes) is 3. The lowest BCUT2D eigenvalue weighted by Crippen LogP contribution is -2.51. The molecule has 0 saturated heterocycles. The van der Waals surface area contributed by atoms with Crippen LogP contribution in [0, 0.1) is 34.5 Å². The first kappa shape index (κ1) is 19.2. The molecule has 3 saturated carbocycles. The Hall–Kier alpha value is -1.18. The number of carbonyl (C=O) groups is 2. The number of allylic oxidation sites excluding steroid dienone is 4. The average Bonchev–Trinajstić information content (AvgIpc) is 2.95. The van der Waals surface area contributed by atoms with Crippen molar-refractivity contribution in [3.63, 3.8) is 0 Å². The fraction of sp³-hybridized carbons (Fsp3) is 0.760. The van der Waals surface area contributed by atoms with Crippen molar-refractivity contribution < 1.29 is 9.59 Å². The smallest absolute Gasteiger partial charge is 0.178 e. The second-order valence-electron chi connectivity index (χ2n) is 10.2. The molecule has 0 aromatic rings. The molecule has 0 N–H and O–H groups in total. The minimum Gasteiger partial charge on any atom is -0.299 e. The van der Waals surface area contributed by atoms with Gasteiger partial charge in [-0.05, 0) is 67.9 Å². The fourth-order valence-electron chi connectivity index (χ4n) is 7.28. The minimum atomic E-state index is -0.0697. The van der Waals surface area contributed by atoms with Crippen LogP contribution in [-0.2, 0) is 9.59 Å². The van der Waals surface area contributed by atoms with Crippen molar-refractivity contribution in [2.24, 2.45) is 34.5 Å². The van der Waals surface area contributed by atoms with E-state index in [-0.39, 0.29) is 16.6 Å². The molecule has 0 bridgehead atoms. The Balaban J connectivity index is 1.64. The van der Waals surface area contributed by atoms with Crippen molar-refractivity contribution >= 4 is 11.6 Å². The van der Waals surface area contributed by atoms with Crippen LogP contribution in [0.2, 0.25) is 0 Å². The molecular formula is C25H36O2. The summed E-state index contributed by atoms with van der Waals surface area (Å²) in [7, 11) is 0. The molecule has 148 valence electrons. The van der Waals surface area contributed by atoms with Crippen LogP contribution in [0.1, 0.15) is 85.0 Å². The number of carbonyl (C=O) groups excluding carboxylic acids is 2. The van der Waals surface area contributed by atoms with Crippen molar-refractivity contribution in [3.8, 4) is 0 Å². The van der Waals surface area contributed by atoms with E-state index < -0.39 is 0 Å². The summed E-state index contributed by atoms with van der Waals surface area (Å²) in [5.41, 5.74) is 1.37. The summed E-state index contributed by atoms with van der Waals surface area (Å²) in [5, 5.41) is 0. The Bertz CT molecular complexity index is 686. The second kappa shape index (κ2) is 7.01. The van der Waals surface area contributed by atoms with Crippen LogP contribution in [0.25, 0.3) is 0 Å². The van der Waals surface area contributed by atoms with Crippen LogP contribution in [0.15, 0.2) is 23.8 Å². The molecule has 0 aliphatic heterocycles. The van der Waals surface area contributed by atoms with Gasteiger partial charge in [0, 0.05) is 17.3 Å². The minimum absolute atomic E-state index is 0.0270. The lowest BCUT2D eigenvalue weighted by molar-refractivity contribution is -0.132. The zero-order valence-electron chi connectivity index (χ0n) is 17.4. The van der Waals surface area contributed by atoms with E-state index in [1.807, 2.05) is 12.2 Å². The van der Waals surface area contributed by atoms with Gasteiger partial charge >= 0.3 is 0 Å². The van der Waals surface area contributed by atoms with E-state index in [9.17, 15) is 9.59 Å². The predicted octanol–water partition coefficient (Wildman–Crippen LogP) is 6.06. The summed E-state index contributed by atoms with van der Waals surface area (Å²) >= 11 is 0. The first-order valence-corrected chi connectivity index (χ1v) is 11.4. The maximum atomic E-state index is 12.7. The third kappa shape index (κ3) is 2.98. The van der Waals surface area contributed by atoms with Gasteiger partial charge in [-0.1, -0.05) is 58.1 Å². The zero-order valence-corrected chi connectivity index (χ0v) is 17.4. The highest BCUT2D eigenvalue weighted by molar-refractivity contribution is 6.01. The lowest BCUT2D eigenvalue weighted by atomic mass is 9.46. The highest BCUT2D eigenvalue weighted by Crippen LogP contribution is 2.65. The first-order chi connectivity index (χ1) is 12.9. The number of hydrogen-bond acceptors (Lipinski definition) is 2. The summed E-state index contributed by atoms with van der Waals surface area (Å²) in [6.07, 6.45) is 17.6. The molecule has 6 atom stereocenters. The van der Waals surface area contributed by atoms with Crippen LogP contribution < -0.4 is 0 Å². The maximum Gasteiger partial charge on any atom is 0.178 e. The molecule has 0 spiro atoms. The molecule has 4 aliphatic rings. The van der Waals surface area contributed by atoms with Gasteiger partial charge in [-0.2, -0.15) is 0 Å².